The summed E-state index contributed by atoms with van der Waals surface area (Å²) in [5, 5.41) is 0. The largest absolute Gasteiger partial charge is 0.306 e. The van der Waals surface area contributed by atoms with Crippen molar-refractivity contribution in [2.24, 2.45) is 11.8 Å². The lowest BCUT2D eigenvalue weighted by molar-refractivity contribution is 0.213. The van der Waals surface area contributed by atoms with E-state index >= 15 is 0 Å². The van der Waals surface area contributed by atoms with E-state index in [4.69, 9.17) is 0 Å². The van der Waals surface area contributed by atoms with Crippen molar-refractivity contribution < 1.29 is 0 Å². The molecule has 4 atom stereocenters. The Balaban J connectivity index is 1.53. The molecule has 0 radical (unpaired) electrons. The minimum atomic E-state index is 0.815. The van der Waals surface area contributed by atoms with Gasteiger partial charge >= 0.3 is 0 Å². The Bertz CT molecular complexity index is 454. The number of hydrogen-bond acceptors (Lipinski definition) is 3. The predicted molar refractivity (Wildman–Crippen MR) is 91.9 cm³/mol. The number of nitrogens with zero attached hydrogens (tertiary/aromatic N) is 2. The van der Waals surface area contributed by atoms with Crippen LogP contribution in [-0.4, -0.2) is 43.0 Å². The molecule has 0 amide bonds. The summed E-state index contributed by atoms with van der Waals surface area (Å²) in [4.78, 5) is 8.12. The molecular weight excluding hydrogens is 276 g/mol. The third-order valence-corrected chi connectivity index (χ3v) is 7.00. The van der Waals surface area contributed by atoms with Gasteiger partial charge in [0, 0.05) is 28.4 Å². The van der Waals surface area contributed by atoms with Crippen molar-refractivity contribution in [2.75, 3.05) is 21.1 Å². The minimum Gasteiger partial charge on any atom is -0.306 e. The number of fused-ring (bicyclic) bond motifs is 1. The van der Waals surface area contributed by atoms with E-state index in [-0.39, 0.29) is 0 Å². The summed E-state index contributed by atoms with van der Waals surface area (Å²) in [6.45, 7) is 3.39. The summed E-state index contributed by atoms with van der Waals surface area (Å²) in [7, 11) is 6.83. The van der Waals surface area contributed by atoms with Crippen molar-refractivity contribution in [2.45, 2.75) is 57.7 Å². The first kappa shape index (κ1) is 15.5. The Morgan fingerprint density at radius 2 is 1.52 bits per heavy atom. The van der Waals surface area contributed by atoms with Gasteiger partial charge < -0.3 is 4.90 Å². The molecule has 0 N–H and O–H groups in total. The Morgan fingerprint density at radius 1 is 0.952 bits per heavy atom. The average Bonchev–Trinajstić information content (AvgIpc) is 3.11. The molecule has 118 valence electrons. The van der Waals surface area contributed by atoms with Gasteiger partial charge in [-0.25, -0.2) is 0 Å². The highest BCUT2D eigenvalue weighted by Gasteiger charge is 2.43. The Kier molecular flexibility index (Phi) is 4.72. The van der Waals surface area contributed by atoms with E-state index in [0.717, 1.165) is 30.5 Å². The summed E-state index contributed by atoms with van der Waals surface area (Å²) in [5.41, 5.74) is 0. The highest BCUT2D eigenvalue weighted by molar-refractivity contribution is 7.11. The summed E-state index contributed by atoms with van der Waals surface area (Å²) in [6.07, 6.45) is 6.89. The second-order valence-electron chi connectivity index (χ2n) is 7.37. The zero-order valence-corrected chi connectivity index (χ0v) is 14.8. The van der Waals surface area contributed by atoms with Crippen LogP contribution in [0.15, 0.2) is 12.1 Å². The van der Waals surface area contributed by atoms with Gasteiger partial charge in [-0.1, -0.05) is 6.92 Å². The first-order valence-electron chi connectivity index (χ1n) is 8.51. The summed E-state index contributed by atoms with van der Waals surface area (Å²) < 4.78 is 0. The van der Waals surface area contributed by atoms with Crippen LogP contribution < -0.4 is 0 Å². The molecule has 2 nitrogen and oxygen atoms in total. The Labute approximate surface area is 134 Å². The molecule has 0 bridgehead atoms. The van der Waals surface area contributed by atoms with Crippen LogP contribution >= 0.6 is 11.3 Å². The molecule has 2 unspecified atom stereocenters. The van der Waals surface area contributed by atoms with Gasteiger partial charge in [-0.3, -0.25) is 4.90 Å². The highest BCUT2D eigenvalue weighted by Crippen LogP contribution is 2.46. The monoisotopic (exact) mass is 306 g/mol. The van der Waals surface area contributed by atoms with Gasteiger partial charge in [0.1, 0.15) is 0 Å². The van der Waals surface area contributed by atoms with E-state index in [1.165, 1.54) is 41.9 Å². The smallest absolute Gasteiger partial charge is 0.0327 e. The summed E-state index contributed by atoms with van der Waals surface area (Å²) in [6, 6.07) is 6.29. The van der Waals surface area contributed by atoms with Gasteiger partial charge in [0.2, 0.25) is 0 Å². The Hall–Kier alpha value is -0.380. The zero-order chi connectivity index (χ0) is 15.0. The first-order valence-corrected chi connectivity index (χ1v) is 9.32. The topological polar surface area (TPSA) is 6.48 Å². The fourth-order valence-corrected chi connectivity index (χ4v) is 5.43. The highest BCUT2D eigenvalue weighted by atomic mass is 32.1. The van der Waals surface area contributed by atoms with Crippen LogP contribution in [0.25, 0.3) is 0 Å². The molecule has 0 saturated heterocycles. The van der Waals surface area contributed by atoms with E-state index in [0.29, 0.717) is 0 Å². The second-order valence-corrected chi connectivity index (χ2v) is 8.62. The van der Waals surface area contributed by atoms with Crippen LogP contribution in [0.2, 0.25) is 0 Å². The van der Waals surface area contributed by atoms with Gasteiger partial charge in [0.25, 0.3) is 0 Å². The molecule has 1 aromatic rings. The maximum atomic E-state index is 2.62. The van der Waals surface area contributed by atoms with Gasteiger partial charge in [0.15, 0.2) is 0 Å². The van der Waals surface area contributed by atoms with Gasteiger partial charge in [-0.15, -0.1) is 11.3 Å². The minimum absolute atomic E-state index is 0.815. The molecule has 1 heterocycles. The van der Waals surface area contributed by atoms with Gasteiger partial charge in [0.05, 0.1) is 0 Å². The number of rotatable bonds is 5. The second kappa shape index (κ2) is 6.39. The first-order chi connectivity index (χ1) is 10.1. The SMILES string of the molecule is CCc1ccc(CN(C)C2C[C@H]3CC(N(C)C)C[C@H]3C2)s1. The molecule has 0 spiro atoms. The molecule has 0 aromatic carbocycles. The summed E-state index contributed by atoms with van der Waals surface area (Å²) in [5.74, 6) is 1.97. The molecule has 3 heteroatoms. The third kappa shape index (κ3) is 3.35. The van der Waals surface area contributed by atoms with Crippen molar-refractivity contribution in [1.29, 1.82) is 0 Å². The fraction of sp³-hybridized carbons (Fsp3) is 0.778. The zero-order valence-electron chi connectivity index (χ0n) is 14.0. The standard InChI is InChI=1S/C18H30N2S/c1-5-17-6-7-18(21-17)12-20(4)16-10-13-8-15(19(2)3)9-14(13)11-16/h6-7,13-16H,5,8-12H2,1-4H3/t13-,14+,15?,16?. The molecular formula is C18H30N2S. The molecule has 0 aliphatic heterocycles. The van der Waals surface area contributed by atoms with E-state index in [1.54, 1.807) is 0 Å². The van der Waals surface area contributed by atoms with Crippen molar-refractivity contribution in [3.63, 3.8) is 0 Å². The fourth-order valence-electron chi connectivity index (χ4n) is 4.41. The van der Waals surface area contributed by atoms with E-state index in [9.17, 15) is 0 Å². The average molecular weight is 307 g/mol. The normalized spacial score (nSPS) is 32.3. The quantitative estimate of drug-likeness (QED) is 0.815. The Morgan fingerprint density at radius 3 is 2.05 bits per heavy atom. The van der Waals surface area contributed by atoms with Crippen LogP contribution in [0.4, 0.5) is 0 Å². The lowest BCUT2D eigenvalue weighted by atomic mass is 10.0. The summed E-state index contributed by atoms with van der Waals surface area (Å²) >= 11 is 2.00. The molecule has 2 saturated carbocycles. The van der Waals surface area contributed by atoms with Crippen LogP contribution in [0.1, 0.15) is 42.4 Å². The van der Waals surface area contributed by atoms with Crippen LogP contribution in [0.3, 0.4) is 0 Å². The van der Waals surface area contributed by atoms with Crippen LogP contribution in [-0.2, 0) is 13.0 Å². The van der Waals surface area contributed by atoms with Crippen LogP contribution in [0, 0.1) is 11.8 Å². The predicted octanol–water partition coefficient (Wildman–Crippen LogP) is 3.86. The van der Waals surface area contributed by atoms with E-state index in [1.807, 2.05) is 11.3 Å². The maximum Gasteiger partial charge on any atom is 0.0327 e. The number of aryl methyl sites for hydroxylation is 1. The third-order valence-electron chi connectivity index (χ3n) is 5.79. The number of hydrogen-bond donors (Lipinski definition) is 0. The van der Waals surface area contributed by atoms with Gasteiger partial charge in [-0.05, 0) is 77.2 Å². The van der Waals surface area contributed by atoms with Crippen molar-refractivity contribution >= 4 is 11.3 Å². The van der Waals surface area contributed by atoms with E-state index in [2.05, 4.69) is 50.0 Å². The molecule has 1 aromatic heterocycles. The van der Waals surface area contributed by atoms with Crippen molar-refractivity contribution in [3.8, 4) is 0 Å². The van der Waals surface area contributed by atoms with Gasteiger partial charge in [-0.2, -0.15) is 0 Å². The molecule has 2 fully saturated rings. The van der Waals surface area contributed by atoms with Crippen molar-refractivity contribution in [1.82, 2.24) is 9.80 Å². The number of thiophene rings is 1. The van der Waals surface area contributed by atoms with Crippen LogP contribution in [0.5, 0.6) is 0 Å². The van der Waals surface area contributed by atoms with E-state index < -0.39 is 0 Å². The maximum absolute atomic E-state index is 2.62. The van der Waals surface area contributed by atoms with Crippen molar-refractivity contribution in [3.05, 3.63) is 21.9 Å². The molecule has 2 aliphatic carbocycles. The lowest BCUT2D eigenvalue weighted by Crippen LogP contribution is -2.31. The molecule has 2 aliphatic rings. The molecule has 3 rings (SSSR count). The lowest BCUT2D eigenvalue weighted by Gasteiger charge is -2.26. The molecule has 21 heavy (non-hydrogen) atoms.